The molecule has 1 N–H and O–H groups in total. The number of ether oxygens (including phenoxy) is 1. The van der Waals surface area contributed by atoms with Crippen LogP contribution in [0.25, 0.3) is 0 Å². The Bertz CT molecular complexity index is 542. The molecular weight excluding hydrogens is 322 g/mol. The molecule has 0 heterocycles. The van der Waals surface area contributed by atoms with Gasteiger partial charge in [0.15, 0.2) is 0 Å². The molecule has 0 saturated carbocycles. The van der Waals surface area contributed by atoms with E-state index < -0.39 is 16.0 Å². The highest BCUT2D eigenvalue weighted by atomic mass is 79.9. The number of benzene rings is 1. The molecule has 0 atom stereocenters. The lowest BCUT2D eigenvalue weighted by Crippen LogP contribution is -2.19. The van der Waals surface area contributed by atoms with Crippen molar-refractivity contribution < 1.29 is 17.9 Å². The minimum Gasteiger partial charge on any atom is -0.469 e. The molecule has 0 spiro atoms. The molecule has 18 heavy (non-hydrogen) atoms. The topological polar surface area (TPSA) is 72.5 Å². The number of aryl methyl sites for hydroxylation is 1. The molecule has 1 aromatic carbocycles. The number of methoxy groups -OCH3 is 1. The van der Waals surface area contributed by atoms with Gasteiger partial charge in [0.2, 0.25) is 10.0 Å². The number of halogens is 1. The highest BCUT2D eigenvalue weighted by Crippen LogP contribution is 2.20. The second-order valence-electron chi connectivity index (χ2n) is 3.71. The van der Waals surface area contributed by atoms with Gasteiger partial charge in [0.1, 0.15) is 0 Å². The molecule has 0 radical (unpaired) electrons. The first-order chi connectivity index (χ1) is 8.34. The standard InChI is InChI=1S/C11H14BrNO4S/c1-8-7-9(3-4-10(8)12)13-18(15,16)6-5-11(14)17-2/h3-4,7,13H,5-6H2,1-2H3. The number of anilines is 1. The van der Waals surface area contributed by atoms with Gasteiger partial charge in [-0.05, 0) is 30.7 Å². The molecule has 0 aliphatic rings. The Balaban J connectivity index is 2.70. The minimum atomic E-state index is -3.54. The van der Waals surface area contributed by atoms with Crippen LogP contribution in [-0.2, 0) is 19.6 Å². The lowest BCUT2D eigenvalue weighted by atomic mass is 10.2. The summed E-state index contributed by atoms with van der Waals surface area (Å²) in [4.78, 5) is 10.9. The Morgan fingerprint density at radius 2 is 2.11 bits per heavy atom. The predicted octanol–water partition coefficient (Wildman–Crippen LogP) is 2.06. The number of carbonyl (C=O) groups excluding carboxylic acids is 1. The van der Waals surface area contributed by atoms with E-state index in [2.05, 4.69) is 25.4 Å². The molecule has 7 heteroatoms. The van der Waals surface area contributed by atoms with Crippen LogP contribution in [0.15, 0.2) is 22.7 Å². The number of rotatable bonds is 5. The smallest absolute Gasteiger partial charge is 0.306 e. The Morgan fingerprint density at radius 3 is 2.67 bits per heavy atom. The first-order valence-corrected chi connectivity index (χ1v) is 7.62. The molecule has 0 aromatic heterocycles. The number of sulfonamides is 1. The number of hydrogen-bond donors (Lipinski definition) is 1. The van der Waals surface area contributed by atoms with E-state index in [1.54, 1.807) is 18.2 Å². The van der Waals surface area contributed by atoms with Gasteiger partial charge >= 0.3 is 5.97 Å². The minimum absolute atomic E-state index is 0.165. The van der Waals surface area contributed by atoms with Crippen molar-refractivity contribution in [2.45, 2.75) is 13.3 Å². The number of carbonyl (C=O) groups is 1. The van der Waals surface area contributed by atoms with Gasteiger partial charge in [-0.15, -0.1) is 0 Å². The third-order valence-corrected chi connectivity index (χ3v) is 4.41. The molecule has 0 bridgehead atoms. The molecular formula is C11H14BrNO4S. The van der Waals surface area contributed by atoms with Crippen LogP contribution in [0.5, 0.6) is 0 Å². The van der Waals surface area contributed by atoms with Crippen LogP contribution < -0.4 is 4.72 Å². The quantitative estimate of drug-likeness (QED) is 0.836. The summed E-state index contributed by atoms with van der Waals surface area (Å²) in [6.07, 6.45) is -0.165. The normalized spacial score (nSPS) is 11.1. The van der Waals surface area contributed by atoms with E-state index in [0.717, 1.165) is 10.0 Å². The summed E-state index contributed by atoms with van der Waals surface area (Å²) in [5.41, 5.74) is 1.39. The highest BCUT2D eigenvalue weighted by Gasteiger charge is 2.13. The highest BCUT2D eigenvalue weighted by molar-refractivity contribution is 9.10. The van der Waals surface area contributed by atoms with Crippen molar-refractivity contribution in [1.82, 2.24) is 0 Å². The van der Waals surface area contributed by atoms with Gasteiger partial charge in [-0.3, -0.25) is 9.52 Å². The predicted molar refractivity (Wildman–Crippen MR) is 72.9 cm³/mol. The molecule has 0 aliphatic carbocycles. The van der Waals surface area contributed by atoms with E-state index in [9.17, 15) is 13.2 Å². The van der Waals surface area contributed by atoms with Crippen LogP contribution >= 0.6 is 15.9 Å². The number of nitrogens with one attached hydrogen (secondary N) is 1. The molecule has 0 amide bonds. The molecule has 1 rings (SSSR count). The van der Waals surface area contributed by atoms with E-state index >= 15 is 0 Å². The molecule has 0 saturated heterocycles. The van der Waals surface area contributed by atoms with Crippen LogP contribution in [0.1, 0.15) is 12.0 Å². The van der Waals surface area contributed by atoms with Crippen LogP contribution in [0.2, 0.25) is 0 Å². The van der Waals surface area contributed by atoms with Crippen molar-refractivity contribution in [3.8, 4) is 0 Å². The zero-order valence-electron chi connectivity index (χ0n) is 10.1. The van der Waals surface area contributed by atoms with Gasteiger partial charge in [-0.2, -0.15) is 0 Å². The zero-order valence-corrected chi connectivity index (χ0v) is 12.5. The maximum atomic E-state index is 11.7. The summed E-state index contributed by atoms with van der Waals surface area (Å²) in [7, 11) is -2.31. The van der Waals surface area contributed by atoms with E-state index in [-0.39, 0.29) is 12.2 Å². The first-order valence-electron chi connectivity index (χ1n) is 5.17. The maximum absolute atomic E-state index is 11.7. The first kappa shape index (κ1) is 15.0. The third-order valence-electron chi connectivity index (χ3n) is 2.23. The van der Waals surface area contributed by atoms with E-state index in [0.29, 0.717) is 5.69 Å². The van der Waals surface area contributed by atoms with Crippen LogP contribution in [0.3, 0.4) is 0 Å². The van der Waals surface area contributed by atoms with Crippen molar-refractivity contribution in [2.75, 3.05) is 17.6 Å². The molecule has 0 fully saturated rings. The summed E-state index contributed by atoms with van der Waals surface area (Å²) in [5, 5.41) is 0. The third kappa shape index (κ3) is 4.66. The lowest BCUT2D eigenvalue weighted by Gasteiger charge is -2.08. The fraction of sp³-hybridized carbons (Fsp3) is 0.364. The Hall–Kier alpha value is -1.08. The summed E-state index contributed by atoms with van der Waals surface area (Å²) in [6.45, 7) is 1.86. The lowest BCUT2D eigenvalue weighted by molar-refractivity contribution is -0.140. The fourth-order valence-electron chi connectivity index (χ4n) is 1.26. The van der Waals surface area contributed by atoms with Gasteiger partial charge in [0, 0.05) is 10.2 Å². The molecule has 100 valence electrons. The van der Waals surface area contributed by atoms with E-state index in [1.165, 1.54) is 7.11 Å². The van der Waals surface area contributed by atoms with Gasteiger partial charge < -0.3 is 4.74 Å². The van der Waals surface area contributed by atoms with Gasteiger partial charge in [0.05, 0.1) is 19.3 Å². The van der Waals surface area contributed by atoms with Crippen molar-refractivity contribution in [3.05, 3.63) is 28.2 Å². The van der Waals surface area contributed by atoms with Gasteiger partial charge in [-0.1, -0.05) is 15.9 Å². The van der Waals surface area contributed by atoms with Gasteiger partial charge in [-0.25, -0.2) is 8.42 Å². The summed E-state index contributed by atoms with van der Waals surface area (Å²) >= 11 is 3.33. The van der Waals surface area contributed by atoms with Crippen LogP contribution in [0, 0.1) is 6.92 Å². The van der Waals surface area contributed by atoms with Crippen LogP contribution in [0.4, 0.5) is 5.69 Å². The average Bonchev–Trinajstić information content (AvgIpc) is 2.30. The zero-order chi connectivity index (χ0) is 13.8. The van der Waals surface area contributed by atoms with Crippen molar-refractivity contribution >= 4 is 37.6 Å². The second-order valence-corrected chi connectivity index (χ2v) is 6.41. The maximum Gasteiger partial charge on any atom is 0.306 e. The Morgan fingerprint density at radius 1 is 1.44 bits per heavy atom. The average molecular weight is 336 g/mol. The second kappa shape index (κ2) is 6.19. The number of hydrogen-bond acceptors (Lipinski definition) is 4. The van der Waals surface area contributed by atoms with E-state index in [1.807, 2.05) is 6.92 Å². The van der Waals surface area contributed by atoms with Crippen molar-refractivity contribution in [2.24, 2.45) is 0 Å². The van der Waals surface area contributed by atoms with Crippen molar-refractivity contribution in [1.29, 1.82) is 0 Å². The summed E-state index contributed by atoms with van der Waals surface area (Å²) in [5.74, 6) is -0.846. The Labute approximate surface area is 115 Å². The molecule has 0 unspecified atom stereocenters. The molecule has 0 aliphatic heterocycles. The van der Waals surface area contributed by atoms with E-state index in [4.69, 9.17) is 0 Å². The fourth-order valence-corrected chi connectivity index (χ4v) is 2.53. The monoisotopic (exact) mass is 335 g/mol. The van der Waals surface area contributed by atoms with Crippen molar-refractivity contribution in [3.63, 3.8) is 0 Å². The summed E-state index contributed by atoms with van der Waals surface area (Å²) < 4.78 is 31.1. The van der Waals surface area contributed by atoms with Gasteiger partial charge in [0.25, 0.3) is 0 Å². The molecule has 5 nitrogen and oxygen atoms in total. The molecule has 1 aromatic rings. The van der Waals surface area contributed by atoms with Crippen LogP contribution in [-0.4, -0.2) is 27.2 Å². The Kier molecular flexibility index (Phi) is 5.15. The largest absolute Gasteiger partial charge is 0.469 e. The number of esters is 1. The SMILES string of the molecule is COC(=O)CCS(=O)(=O)Nc1ccc(Br)c(C)c1. The summed E-state index contributed by atoms with van der Waals surface area (Å²) in [6, 6.07) is 5.11.